The molecule has 1 aromatic carbocycles. The second kappa shape index (κ2) is 6.05. The van der Waals surface area contributed by atoms with E-state index in [1.807, 2.05) is 0 Å². The zero-order valence-electron chi connectivity index (χ0n) is 9.85. The number of carbonyl (C=O) groups excluding carboxylic acids is 1. The number of benzene rings is 1. The molecule has 0 aromatic heterocycles. The van der Waals surface area contributed by atoms with Gasteiger partial charge in [0.25, 0.3) is 0 Å². The highest BCUT2D eigenvalue weighted by molar-refractivity contribution is 5.79. The summed E-state index contributed by atoms with van der Waals surface area (Å²) in [6.07, 6.45) is 0. The number of ether oxygens (including phenoxy) is 1. The largest absolute Gasteiger partial charge is 0.488 e. The zero-order valence-corrected chi connectivity index (χ0v) is 9.85. The summed E-state index contributed by atoms with van der Waals surface area (Å²) < 4.78 is 31.5. The second-order valence-electron chi connectivity index (χ2n) is 3.55. The van der Waals surface area contributed by atoms with Gasteiger partial charge in [-0.25, -0.2) is 4.39 Å². The first kappa shape index (κ1) is 14.8. The van der Waals surface area contributed by atoms with Crippen LogP contribution in [0.3, 0.4) is 0 Å². The van der Waals surface area contributed by atoms with E-state index < -0.39 is 39.9 Å². The molecule has 104 valence electrons. The van der Waals surface area contributed by atoms with Gasteiger partial charge in [-0.15, -0.1) is 0 Å². The first-order chi connectivity index (χ1) is 8.86. The first-order valence-corrected chi connectivity index (χ1v) is 5.09. The molecule has 0 aliphatic rings. The Labute approximate surface area is 106 Å². The summed E-state index contributed by atoms with van der Waals surface area (Å²) in [5.74, 6) is -3.61. The molecule has 0 aliphatic heterocycles. The number of hydrogen-bond donors (Lipinski definition) is 2. The van der Waals surface area contributed by atoms with Gasteiger partial charge in [-0.1, -0.05) is 0 Å². The van der Waals surface area contributed by atoms with E-state index in [-0.39, 0.29) is 6.61 Å². The predicted octanol–water partition coefficient (Wildman–Crippen LogP) is 0.325. The van der Waals surface area contributed by atoms with Crippen LogP contribution in [0.15, 0.2) is 12.1 Å². The number of rotatable bonds is 6. The van der Waals surface area contributed by atoms with E-state index in [1.54, 1.807) is 0 Å². The van der Waals surface area contributed by atoms with Crippen LogP contribution in [0.1, 0.15) is 0 Å². The molecule has 1 amide bonds. The van der Waals surface area contributed by atoms with Crippen molar-refractivity contribution in [1.29, 1.82) is 0 Å². The maximum absolute atomic E-state index is 13.4. The number of nitrogens with two attached hydrogens (primary N) is 1. The lowest BCUT2D eigenvalue weighted by molar-refractivity contribution is -0.387. The lowest BCUT2D eigenvalue weighted by atomic mass is 10.2. The maximum atomic E-state index is 13.4. The van der Waals surface area contributed by atoms with Gasteiger partial charge in [0.05, 0.1) is 11.0 Å². The third kappa shape index (κ3) is 3.58. The molecule has 0 saturated heterocycles. The van der Waals surface area contributed by atoms with Crippen molar-refractivity contribution >= 4 is 11.6 Å². The van der Waals surface area contributed by atoms with E-state index >= 15 is 0 Å². The Morgan fingerprint density at radius 1 is 1.53 bits per heavy atom. The van der Waals surface area contributed by atoms with Gasteiger partial charge in [0.2, 0.25) is 11.7 Å². The number of nitro benzene ring substituents is 1. The van der Waals surface area contributed by atoms with Gasteiger partial charge in [0.15, 0.2) is 11.6 Å². The third-order valence-corrected chi connectivity index (χ3v) is 2.30. The van der Waals surface area contributed by atoms with E-state index in [2.05, 4.69) is 5.32 Å². The molecule has 0 saturated carbocycles. The fraction of sp³-hybridized carbons (Fsp3) is 0.300. The van der Waals surface area contributed by atoms with Gasteiger partial charge < -0.3 is 15.8 Å². The van der Waals surface area contributed by atoms with Gasteiger partial charge in [0.1, 0.15) is 12.6 Å². The van der Waals surface area contributed by atoms with Crippen molar-refractivity contribution in [1.82, 2.24) is 5.32 Å². The second-order valence-corrected chi connectivity index (χ2v) is 3.55. The van der Waals surface area contributed by atoms with Crippen molar-refractivity contribution in [2.24, 2.45) is 5.73 Å². The average Bonchev–Trinajstić information content (AvgIpc) is 2.32. The minimum atomic E-state index is -1.23. The number of hydrogen-bond acceptors (Lipinski definition) is 5. The highest BCUT2D eigenvalue weighted by Gasteiger charge is 2.21. The number of nitrogens with one attached hydrogen (secondary N) is 1. The van der Waals surface area contributed by atoms with Crippen molar-refractivity contribution in [3.05, 3.63) is 33.9 Å². The van der Waals surface area contributed by atoms with E-state index in [4.69, 9.17) is 10.5 Å². The number of likely N-dealkylation sites (N-methyl/N-ethyl adjacent to an activating group) is 1. The van der Waals surface area contributed by atoms with Gasteiger partial charge in [0, 0.05) is 6.07 Å². The highest BCUT2D eigenvalue weighted by atomic mass is 19.1. The van der Waals surface area contributed by atoms with E-state index in [0.29, 0.717) is 12.1 Å². The number of carbonyl (C=O) groups is 1. The minimum Gasteiger partial charge on any atom is -0.488 e. The zero-order chi connectivity index (χ0) is 14.6. The van der Waals surface area contributed by atoms with Crippen LogP contribution in [-0.4, -0.2) is 30.5 Å². The molecule has 0 aliphatic carbocycles. The lowest BCUT2D eigenvalue weighted by Gasteiger charge is -2.13. The van der Waals surface area contributed by atoms with Crippen LogP contribution in [0.25, 0.3) is 0 Å². The number of nitrogens with zero attached hydrogens (tertiary/aromatic N) is 1. The molecule has 19 heavy (non-hydrogen) atoms. The molecule has 1 aromatic rings. The summed E-state index contributed by atoms with van der Waals surface area (Å²) in [5, 5.41) is 12.9. The lowest BCUT2D eigenvalue weighted by Crippen LogP contribution is -2.43. The molecule has 0 radical (unpaired) electrons. The van der Waals surface area contributed by atoms with Crippen LogP contribution in [-0.2, 0) is 4.79 Å². The summed E-state index contributed by atoms with van der Waals surface area (Å²) in [7, 11) is 1.44. The summed E-state index contributed by atoms with van der Waals surface area (Å²) in [5.41, 5.74) is 4.01. The normalized spacial score (nSPS) is 11.9. The van der Waals surface area contributed by atoms with Crippen molar-refractivity contribution < 1.29 is 23.2 Å². The third-order valence-electron chi connectivity index (χ3n) is 2.30. The fourth-order valence-corrected chi connectivity index (χ4v) is 1.25. The Balaban J connectivity index is 2.88. The van der Waals surface area contributed by atoms with Gasteiger partial charge in [-0.3, -0.25) is 14.9 Å². The smallest absolute Gasteiger partial charge is 0.307 e. The molecule has 1 atom stereocenters. The Morgan fingerprint density at radius 2 is 2.16 bits per heavy atom. The van der Waals surface area contributed by atoms with Crippen LogP contribution in [0, 0.1) is 21.7 Å². The summed E-state index contributed by atoms with van der Waals surface area (Å²) >= 11 is 0. The van der Waals surface area contributed by atoms with Crippen molar-refractivity contribution in [2.75, 3.05) is 13.7 Å². The molecular weight excluding hydrogens is 264 g/mol. The van der Waals surface area contributed by atoms with Gasteiger partial charge in [-0.2, -0.15) is 4.39 Å². The SMILES string of the molecule is CNC(COc1cc(F)c([N+](=O)[O-])cc1F)C(N)=O. The summed E-state index contributed by atoms with van der Waals surface area (Å²) in [6.45, 7) is -0.333. The Kier molecular flexibility index (Phi) is 4.70. The van der Waals surface area contributed by atoms with E-state index in [9.17, 15) is 23.7 Å². The van der Waals surface area contributed by atoms with Crippen LogP contribution >= 0.6 is 0 Å². The van der Waals surface area contributed by atoms with Crippen molar-refractivity contribution in [3.8, 4) is 5.75 Å². The van der Waals surface area contributed by atoms with Crippen LogP contribution in [0.2, 0.25) is 0 Å². The molecule has 0 bridgehead atoms. The van der Waals surface area contributed by atoms with Crippen molar-refractivity contribution in [3.63, 3.8) is 0 Å². The molecule has 1 rings (SSSR count). The standard InChI is InChI=1S/C10H11F2N3O4/c1-14-7(10(13)16)4-19-9-3-5(11)8(15(17)18)2-6(9)12/h2-3,7,14H,4H2,1H3,(H2,13,16). The van der Waals surface area contributed by atoms with Gasteiger partial charge >= 0.3 is 5.69 Å². The Morgan fingerprint density at radius 3 is 2.63 bits per heavy atom. The molecular formula is C10H11F2N3O4. The quantitative estimate of drug-likeness (QED) is 0.574. The molecule has 3 N–H and O–H groups in total. The van der Waals surface area contributed by atoms with E-state index in [1.165, 1.54) is 7.05 Å². The molecule has 7 nitrogen and oxygen atoms in total. The Hall–Kier alpha value is -2.29. The molecule has 0 heterocycles. The van der Waals surface area contributed by atoms with Crippen molar-refractivity contribution in [2.45, 2.75) is 6.04 Å². The predicted molar refractivity (Wildman–Crippen MR) is 60.5 cm³/mol. The van der Waals surface area contributed by atoms with Crippen LogP contribution in [0.4, 0.5) is 14.5 Å². The minimum absolute atomic E-state index is 0.333. The average molecular weight is 275 g/mol. The first-order valence-electron chi connectivity index (χ1n) is 5.09. The number of halogens is 2. The molecule has 0 fully saturated rings. The Bertz CT molecular complexity index is 510. The number of amides is 1. The van der Waals surface area contributed by atoms with Crippen LogP contribution < -0.4 is 15.8 Å². The summed E-state index contributed by atoms with van der Waals surface area (Å²) in [6, 6.07) is 0.0578. The fourth-order valence-electron chi connectivity index (χ4n) is 1.25. The monoisotopic (exact) mass is 275 g/mol. The van der Waals surface area contributed by atoms with E-state index in [0.717, 1.165) is 0 Å². The molecule has 9 heteroatoms. The topological polar surface area (TPSA) is 107 Å². The van der Waals surface area contributed by atoms with Crippen LogP contribution in [0.5, 0.6) is 5.75 Å². The molecule has 0 spiro atoms. The maximum Gasteiger partial charge on any atom is 0.307 e. The number of primary amides is 1. The number of nitro groups is 1. The van der Waals surface area contributed by atoms with Gasteiger partial charge in [-0.05, 0) is 7.05 Å². The molecule has 1 unspecified atom stereocenters. The highest BCUT2D eigenvalue weighted by Crippen LogP contribution is 2.26. The summed E-state index contributed by atoms with van der Waals surface area (Å²) in [4.78, 5) is 20.2.